The zero-order valence-electron chi connectivity index (χ0n) is 11.5. The Morgan fingerprint density at radius 2 is 2.06 bits per heavy atom. The maximum atomic E-state index is 11.8. The number of primary amides is 1. The highest BCUT2D eigenvalue weighted by atomic mass is 16.5. The van der Waals surface area contributed by atoms with E-state index in [1.165, 1.54) is 0 Å². The molecule has 3 N–H and O–H groups in total. The summed E-state index contributed by atoms with van der Waals surface area (Å²) < 4.78 is 5.28. The first-order valence-corrected chi connectivity index (χ1v) is 6.19. The van der Waals surface area contributed by atoms with Gasteiger partial charge in [-0.1, -0.05) is 32.9 Å². The molecule has 0 spiro atoms. The Kier molecular flexibility index (Phi) is 4.59. The fourth-order valence-corrected chi connectivity index (χ4v) is 2.15. The first-order valence-electron chi connectivity index (χ1n) is 6.19. The molecule has 1 amide bonds. The Bertz CT molecular complexity index is 418. The lowest BCUT2D eigenvalue weighted by Crippen LogP contribution is -2.54. The Morgan fingerprint density at radius 1 is 1.44 bits per heavy atom. The van der Waals surface area contributed by atoms with E-state index in [0.717, 1.165) is 5.69 Å². The maximum Gasteiger partial charge on any atom is 0.243 e. The van der Waals surface area contributed by atoms with Crippen molar-refractivity contribution in [1.82, 2.24) is 0 Å². The summed E-state index contributed by atoms with van der Waals surface area (Å²) in [6, 6.07) is 7.52. The van der Waals surface area contributed by atoms with Crippen molar-refractivity contribution in [2.75, 3.05) is 12.4 Å². The van der Waals surface area contributed by atoms with Crippen molar-refractivity contribution in [3.8, 4) is 5.75 Å². The molecule has 0 bridgehead atoms. The third-order valence-electron chi connectivity index (χ3n) is 3.45. The van der Waals surface area contributed by atoms with Crippen molar-refractivity contribution in [3.63, 3.8) is 0 Å². The molecule has 100 valence electrons. The molecule has 0 heterocycles. The summed E-state index contributed by atoms with van der Waals surface area (Å²) in [6.07, 6.45) is 0.623. The van der Waals surface area contributed by atoms with E-state index in [1.54, 1.807) is 7.11 Å². The topological polar surface area (TPSA) is 64.3 Å². The first kappa shape index (κ1) is 14.4. The van der Waals surface area contributed by atoms with Gasteiger partial charge in [0.25, 0.3) is 0 Å². The maximum absolute atomic E-state index is 11.8. The Balaban J connectivity index is 3.14. The van der Waals surface area contributed by atoms with Crippen LogP contribution in [0.15, 0.2) is 24.3 Å². The van der Waals surface area contributed by atoms with Gasteiger partial charge in [0.1, 0.15) is 11.3 Å². The molecule has 0 aliphatic carbocycles. The monoisotopic (exact) mass is 250 g/mol. The van der Waals surface area contributed by atoms with Crippen molar-refractivity contribution in [2.45, 2.75) is 32.7 Å². The van der Waals surface area contributed by atoms with Crippen LogP contribution in [-0.2, 0) is 4.79 Å². The summed E-state index contributed by atoms with van der Waals surface area (Å²) in [5, 5.41) is 3.26. The number of benzene rings is 1. The molecule has 18 heavy (non-hydrogen) atoms. The molecule has 1 unspecified atom stereocenters. The molecule has 0 aliphatic rings. The molecule has 0 aliphatic heterocycles. The third-order valence-corrected chi connectivity index (χ3v) is 3.45. The number of hydrogen-bond donors (Lipinski definition) is 2. The Hall–Kier alpha value is -1.71. The Labute approximate surface area is 109 Å². The summed E-state index contributed by atoms with van der Waals surface area (Å²) in [5.41, 5.74) is 5.61. The number of hydrogen-bond acceptors (Lipinski definition) is 3. The lowest BCUT2D eigenvalue weighted by Gasteiger charge is -2.35. The van der Waals surface area contributed by atoms with E-state index in [2.05, 4.69) is 5.32 Å². The third kappa shape index (κ3) is 2.58. The van der Waals surface area contributed by atoms with E-state index in [-0.39, 0.29) is 11.8 Å². The minimum atomic E-state index is -0.755. The van der Waals surface area contributed by atoms with Crippen LogP contribution < -0.4 is 15.8 Å². The van der Waals surface area contributed by atoms with Crippen LogP contribution in [0.3, 0.4) is 0 Å². The van der Waals surface area contributed by atoms with Gasteiger partial charge in [-0.15, -0.1) is 0 Å². The predicted octanol–water partition coefficient (Wildman–Crippen LogP) is 2.40. The predicted molar refractivity (Wildman–Crippen MR) is 73.7 cm³/mol. The van der Waals surface area contributed by atoms with Gasteiger partial charge in [-0.3, -0.25) is 4.79 Å². The molecule has 0 fully saturated rings. The molecule has 0 aromatic heterocycles. The molecule has 1 rings (SSSR count). The number of ether oxygens (including phenoxy) is 1. The van der Waals surface area contributed by atoms with Crippen LogP contribution in [0.1, 0.15) is 27.2 Å². The zero-order valence-corrected chi connectivity index (χ0v) is 11.5. The number of anilines is 1. The lowest BCUT2D eigenvalue weighted by atomic mass is 9.82. The largest absolute Gasteiger partial charge is 0.495 e. The average molecular weight is 250 g/mol. The first-order chi connectivity index (χ1) is 8.47. The SMILES string of the molecule is CCC(Nc1ccccc1OC)(C(N)=O)C(C)C. The molecule has 0 saturated carbocycles. The van der Waals surface area contributed by atoms with Gasteiger partial charge in [0.05, 0.1) is 12.8 Å². The van der Waals surface area contributed by atoms with Crippen molar-refractivity contribution < 1.29 is 9.53 Å². The van der Waals surface area contributed by atoms with Crippen LogP contribution >= 0.6 is 0 Å². The van der Waals surface area contributed by atoms with E-state index in [0.29, 0.717) is 12.2 Å². The highest BCUT2D eigenvalue weighted by molar-refractivity contribution is 5.88. The van der Waals surface area contributed by atoms with Crippen molar-refractivity contribution in [2.24, 2.45) is 11.7 Å². The molecule has 0 radical (unpaired) electrons. The van der Waals surface area contributed by atoms with Crippen LogP contribution in [0.25, 0.3) is 0 Å². The number of carbonyl (C=O) groups excluding carboxylic acids is 1. The van der Waals surface area contributed by atoms with Crippen molar-refractivity contribution in [1.29, 1.82) is 0 Å². The second-order valence-electron chi connectivity index (χ2n) is 4.67. The molecule has 1 aromatic carbocycles. The van der Waals surface area contributed by atoms with Gasteiger partial charge in [-0.2, -0.15) is 0 Å². The minimum Gasteiger partial charge on any atom is -0.495 e. The number of para-hydroxylation sites is 2. The van der Waals surface area contributed by atoms with Gasteiger partial charge < -0.3 is 15.8 Å². The minimum absolute atomic E-state index is 0.0879. The molecular weight excluding hydrogens is 228 g/mol. The highest BCUT2D eigenvalue weighted by Crippen LogP contribution is 2.31. The normalized spacial score (nSPS) is 14.1. The molecule has 4 nitrogen and oxygen atoms in total. The number of methoxy groups -OCH3 is 1. The summed E-state index contributed by atoms with van der Waals surface area (Å²) in [5.74, 6) is 0.452. The highest BCUT2D eigenvalue weighted by Gasteiger charge is 2.38. The molecule has 0 saturated heterocycles. The van der Waals surface area contributed by atoms with Crippen LogP contribution in [0.5, 0.6) is 5.75 Å². The zero-order chi connectivity index (χ0) is 13.8. The second kappa shape index (κ2) is 5.76. The van der Waals surface area contributed by atoms with Gasteiger partial charge >= 0.3 is 0 Å². The number of nitrogens with one attached hydrogen (secondary N) is 1. The standard InChI is InChI=1S/C14H22N2O2/c1-5-14(10(2)3,13(15)17)16-11-8-6-7-9-12(11)18-4/h6-10,16H,5H2,1-4H3,(H2,15,17). The quantitative estimate of drug-likeness (QED) is 0.814. The fraction of sp³-hybridized carbons (Fsp3) is 0.500. The smallest absolute Gasteiger partial charge is 0.243 e. The summed E-state index contributed by atoms with van der Waals surface area (Å²) in [6.45, 7) is 5.92. The van der Waals surface area contributed by atoms with E-state index in [9.17, 15) is 4.79 Å². The van der Waals surface area contributed by atoms with Crippen LogP contribution in [0.4, 0.5) is 5.69 Å². The average Bonchev–Trinajstić information content (AvgIpc) is 2.35. The van der Waals surface area contributed by atoms with Gasteiger partial charge in [0.2, 0.25) is 5.91 Å². The number of carbonyl (C=O) groups is 1. The van der Waals surface area contributed by atoms with Crippen LogP contribution in [0, 0.1) is 5.92 Å². The van der Waals surface area contributed by atoms with E-state index < -0.39 is 5.54 Å². The van der Waals surface area contributed by atoms with Crippen LogP contribution in [-0.4, -0.2) is 18.6 Å². The molecular formula is C14H22N2O2. The van der Waals surface area contributed by atoms with E-state index in [1.807, 2.05) is 45.0 Å². The van der Waals surface area contributed by atoms with E-state index >= 15 is 0 Å². The Morgan fingerprint density at radius 3 is 2.50 bits per heavy atom. The van der Waals surface area contributed by atoms with E-state index in [4.69, 9.17) is 10.5 Å². The number of rotatable bonds is 6. The summed E-state index contributed by atoms with van der Waals surface area (Å²) >= 11 is 0. The van der Waals surface area contributed by atoms with Gasteiger partial charge in [-0.05, 0) is 24.5 Å². The molecule has 1 atom stereocenters. The number of nitrogens with two attached hydrogens (primary N) is 1. The number of amides is 1. The summed E-state index contributed by atoms with van der Waals surface area (Å²) in [7, 11) is 1.60. The molecule has 1 aromatic rings. The summed E-state index contributed by atoms with van der Waals surface area (Å²) in [4.78, 5) is 11.8. The van der Waals surface area contributed by atoms with Crippen molar-refractivity contribution >= 4 is 11.6 Å². The van der Waals surface area contributed by atoms with Gasteiger partial charge in [-0.25, -0.2) is 0 Å². The van der Waals surface area contributed by atoms with Gasteiger partial charge in [0, 0.05) is 0 Å². The van der Waals surface area contributed by atoms with Crippen LogP contribution in [0.2, 0.25) is 0 Å². The molecule has 4 heteroatoms. The van der Waals surface area contributed by atoms with Gasteiger partial charge in [0.15, 0.2) is 0 Å². The second-order valence-corrected chi connectivity index (χ2v) is 4.67. The fourth-order valence-electron chi connectivity index (χ4n) is 2.15. The lowest BCUT2D eigenvalue weighted by molar-refractivity contribution is -0.123. The van der Waals surface area contributed by atoms with Crippen molar-refractivity contribution in [3.05, 3.63) is 24.3 Å².